The number of hydrogen-bond acceptors (Lipinski definition) is 7. The van der Waals surface area contributed by atoms with E-state index in [9.17, 15) is 9.18 Å². The van der Waals surface area contributed by atoms with Gasteiger partial charge in [0.15, 0.2) is 5.58 Å². The highest BCUT2D eigenvalue weighted by Gasteiger charge is 2.11. The highest BCUT2D eigenvalue weighted by molar-refractivity contribution is 5.92. The van der Waals surface area contributed by atoms with Gasteiger partial charge in [-0.2, -0.15) is 4.98 Å². The summed E-state index contributed by atoms with van der Waals surface area (Å²) in [4.78, 5) is 20.1. The number of benzene rings is 2. The fourth-order valence-electron chi connectivity index (χ4n) is 2.96. The van der Waals surface area contributed by atoms with Gasteiger partial charge >= 0.3 is 0 Å². The number of halogens is 1. The molecular formula is C22H19FN4O4. The van der Waals surface area contributed by atoms with E-state index >= 15 is 0 Å². The Morgan fingerprint density at radius 1 is 1.13 bits per heavy atom. The van der Waals surface area contributed by atoms with Crippen LogP contribution in [0.4, 0.5) is 10.4 Å². The van der Waals surface area contributed by atoms with Crippen molar-refractivity contribution in [3.63, 3.8) is 0 Å². The number of nitrogens with one attached hydrogen (secondary N) is 2. The minimum Gasteiger partial charge on any atom is -0.496 e. The summed E-state index contributed by atoms with van der Waals surface area (Å²) in [7, 11) is 3.06. The van der Waals surface area contributed by atoms with Crippen molar-refractivity contribution in [1.82, 2.24) is 15.3 Å². The van der Waals surface area contributed by atoms with Crippen LogP contribution in [-0.4, -0.2) is 30.0 Å². The molecule has 0 unspecified atom stereocenters. The third kappa shape index (κ3) is 4.55. The number of pyridine rings is 1. The summed E-state index contributed by atoms with van der Waals surface area (Å²) in [5.74, 6) is 0.878. The predicted molar refractivity (Wildman–Crippen MR) is 112 cm³/mol. The molecule has 4 aromatic rings. The normalized spacial score (nSPS) is 10.7. The van der Waals surface area contributed by atoms with Gasteiger partial charge in [-0.15, -0.1) is 0 Å². The summed E-state index contributed by atoms with van der Waals surface area (Å²) in [6.07, 6.45) is 1.50. The lowest BCUT2D eigenvalue weighted by molar-refractivity contribution is 0.0958. The van der Waals surface area contributed by atoms with Crippen LogP contribution >= 0.6 is 0 Å². The minimum atomic E-state index is -0.354. The first-order valence-electron chi connectivity index (χ1n) is 9.38. The number of rotatable bonds is 7. The van der Waals surface area contributed by atoms with Gasteiger partial charge in [0.1, 0.15) is 34.3 Å². The standard InChI is InChI=1S/C22H19FN4O4/c1-24-21(28)18-10-16(7-8-25-18)30-15-4-5-17-20(11-15)31-22(27-17)26-12-13-9-14(23)3-6-19(13)29-2/h3-11H,12H2,1-2H3,(H,24,28)(H,26,27). The van der Waals surface area contributed by atoms with Crippen LogP contribution in [0.1, 0.15) is 16.1 Å². The second-order valence-corrected chi connectivity index (χ2v) is 6.52. The van der Waals surface area contributed by atoms with E-state index in [1.165, 1.54) is 32.5 Å². The first-order chi connectivity index (χ1) is 15.1. The van der Waals surface area contributed by atoms with E-state index in [-0.39, 0.29) is 30.0 Å². The quantitative estimate of drug-likeness (QED) is 0.462. The van der Waals surface area contributed by atoms with Crippen LogP contribution < -0.4 is 20.1 Å². The predicted octanol–water partition coefficient (Wildman–Crippen LogP) is 4.13. The molecule has 31 heavy (non-hydrogen) atoms. The van der Waals surface area contributed by atoms with E-state index in [0.29, 0.717) is 33.9 Å². The van der Waals surface area contributed by atoms with E-state index in [4.69, 9.17) is 13.9 Å². The van der Waals surface area contributed by atoms with Crippen molar-refractivity contribution in [3.05, 3.63) is 71.8 Å². The number of hydrogen-bond donors (Lipinski definition) is 2. The number of methoxy groups -OCH3 is 1. The summed E-state index contributed by atoms with van der Waals surface area (Å²) in [6, 6.07) is 13.0. The van der Waals surface area contributed by atoms with Gasteiger partial charge in [0, 0.05) is 37.5 Å². The van der Waals surface area contributed by atoms with Crippen molar-refractivity contribution in [2.24, 2.45) is 0 Å². The van der Waals surface area contributed by atoms with Crippen molar-refractivity contribution in [2.75, 3.05) is 19.5 Å². The molecule has 2 N–H and O–H groups in total. The number of oxazole rings is 1. The van der Waals surface area contributed by atoms with Crippen LogP contribution in [-0.2, 0) is 6.54 Å². The number of ether oxygens (including phenoxy) is 2. The molecule has 9 heteroatoms. The minimum absolute atomic E-state index is 0.250. The third-order valence-corrected chi connectivity index (χ3v) is 4.46. The SMILES string of the molecule is CNC(=O)c1cc(Oc2ccc3nc(NCc4cc(F)ccc4OC)oc3c2)ccn1. The summed E-state index contributed by atoms with van der Waals surface area (Å²) in [5.41, 5.74) is 2.02. The fraction of sp³-hybridized carbons (Fsp3) is 0.136. The van der Waals surface area contributed by atoms with Gasteiger partial charge in [-0.3, -0.25) is 9.78 Å². The molecule has 0 saturated heterocycles. The van der Waals surface area contributed by atoms with E-state index in [1.54, 1.807) is 36.4 Å². The Balaban J connectivity index is 1.50. The summed E-state index contributed by atoms with van der Waals surface area (Å²) in [6.45, 7) is 0.274. The summed E-state index contributed by atoms with van der Waals surface area (Å²) < 4.78 is 30.3. The Kier molecular flexibility index (Phi) is 5.65. The average molecular weight is 422 g/mol. The van der Waals surface area contributed by atoms with Crippen molar-refractivity contribution in [1.29, 1.82) is 0 Å². The molecule has 0 fully saturated rings. The average Bonchev–Trinajstić information content (AvgIpc) is 3.19. The highest BCUT2D eigenvalue weighted by Crippen LogP contribution is 2.28. The lowest BCUT2D eigenvalue weighted by Gasteiger charge is -2.08. The number of aromatic nitrogens is 2. The molecule has 0 aliphatic heterocycles. The second-order valence-electron chi connectivity index (χ2n) is 6.52. The van der Waals surface area contributed by atoms with Gasteiger partial charge in [0.2, 0.25) is 0 Å². The zero-order valence-corrected chi connectivity index (χ0v) is 16.8. The maximum absolute atomic E-state index is 13.5. The number of carbonyl (C=O) groups excluding carboxylic acids is 1. The topological polar surface area (TPSA) is 98.5 Å². The third-order valence-electron chi connectivity index (χ3n) is 4.46. The summed E-state index contributed by atoms with van der Waals surface area (Å²) >= 11 is 0. The van der Waals surface area contributed by atoms with Gasteiger partial charge in [-0.1, -0.05) is 0 Å². The Labute approximate surface area is 177 Å². The molecule has 0 aliphatic rings. The van der Waals surface area contributed by atoms with Crippen LogP contribution in [0, 0.1) is 5.82 Å². The lowest BCUT2D eigenvalue weighted by Crippen LogP contribution is -2.18. The molecule has 0 atom stereocenters. The smallest absolute Gasteiger partial charge is 0.295 e. The molecule has 2 heterocycles. The maximum atomic E-state index is 13.5. The van der Waals surface area contributed by atoms with E-state index < -0.39 is 0 Å². The van der Waals surface area contributed by atoms with Crippen molar-refractivity contribution >= 4 is 23.0 Å². The number of amides is 1. The van der Waals surface area contributed by atoms with Crippen molar-refractivity contribution in [3.8, 4) is 17.2 Å². The largest absolute Gasteiger partial charge is 0.496 e. The highest BCUT2D eigenvalue weighted by atomic mass is 19.1. The Hall–Kier alpha value is -4.14. The maximum Gasteiger partial charge on any atom is 0.295 e. The molecule has 0 bridgehead atoms. The Morgan fingerprint density at radius 2 is 1.97 bits per heavy atom. The number of fused-ring (bicyclic) bond motifs is 1. The molecule has 2 aromatic carbocycles. The lowest BCUT2D eigenvalue weighted by atomic mass is 10.2. The molecule has 2 aromatic heterocycles. The molecule has 0 saturated carbocycles. The van der Waals surface area contributed by atoms with Crippen LogP contribution in [0.5, 0.6) is 17.2 Å². The molecule has 4 rings (SSSR count). The zero-order valence-electron chi connectivity index (χ0n) is 16.8. The zero-order chi connectivity index (χ0) is 21.8. The monoisotopic (exact) mass is 422 g/mol. The first kappa shape index (κ1) is 20.1. The number of carbonyl (C=O) groups is 1. The Morgan fingerprint density at radius 3 is 2.77 bits per heavy atom. The first-order valence-corrected chi connectivity index (χ1v) is 9.38. The molecule has 0 aliphatic carbocycles. The molecule has 8 nitrogen and oxygen atoms in total. The van der Waals surface area contributed by atoms with E-state index in [2.05, 4.69) is 20.6 Å². The number of anilines is 1. The number of nitrogens with zero attached hydrogens (tertiary/aromatic N) is 2. The van der Waals surface area contributed by atoms with E-state index in [0.717, 1.165) is 0 Å². The van der Waals surface area contributed by atoms with Crippen molar-refractivity contribution < 1.29 is 23.1 Å². The van der Waals surface area contributed by atoms with Crippen LogP contribution in [0.15, 0.2) is 59.1 Å². The molecule has 0 spiro atoms. The molecular weight excluding hydrogens is 403 g/mol. The molecule has 1 amide bonds. The van der Waals surface area contributed by atoms with Crippen LogP contribution in [0.25, 0.3) is 11.1 Å². The van der Waals surface area contributed by atoms with E-state index in [1.807, 2.05) is 0 Å². The van der Waals surface area contributed by atoms with Crippen LogP contribution in [0.2, 0.25) is 0 Å². The van der Waals surface area contributed by atoms with Crippen LogP contribution in [0.3, 0.4) is 0 Å². The Bertz CT molecular complexity index is 1240. The second kappa shape index (κ2) is 8.70. The van der Waals surface area contributed by atoms with Gasteiger partial charge in [0.25, 0.3) is 11.9 Å². The van der Waals surface area contributed by atoms with Crippen molar-refractivity contribution in [2.45, 2.75) is 6.54 Å². The molecule has 0 radical (unpaired) electrons. The van der Waals surface area contributed by atoms with Gasteiger partial charge in [0.05, 0.1) is 7.11 Å². The fourth-order valence-corrected chi connectivity index (χ4v) is 2.96. The van der Waals surface area contributed by atoms with Gasteiger partial charge < -0.3 is 24.5 Å². The molecule has 158 valence electrons. The van der Waals surface area contributed by atoms with Gasteiger partial charge in [-0.25, -0.2) is 4.39 Å². The van der Waals surface area contributed by atoms with Gasteiger partial charge in [-0.05, 0) is 36.4 Å². The summed E-state index contributed by atoms with van der Waals surface area (Å²) in [5, 5.41) is 5.55.